The van der Waals surface area contributed by atoms with Crippen molar-refractivity contribution in [2.24, 2.45) is 0 Å². The van der Waals surface area contributed by atoms with Crippen molar-refractivity contribution in [3.63, 3.8) is 0 Å². The SMILES string of the molecule is O=C(CC[NH+]1CC[C@H](c2ccccc2)C1)c1ccccc1. The molecule has 0 radical (unpaired) electrons. The van der Waals surface area contributed by atoms with Crippen molar-refractivity contribution in [1.29, 1.82) is 0 Å². The summed E-state index contributed by atoms with van der Waals surface area (Å²) >= 11 is 0. The van der Waals surface area contributed by atoms with Gasteiger partial charge in [0.2, 0.25) is 0 Å². The summed E-state index contributed by atoms with van der Waals surface area (Å²) < 4.78 is 0. The fourth-order valence-electron chi connectivity index (χ4n) is 3.23. The molecule has 0 aliphatic carbocycles. The summed E-state index contributed by atoms with van der Waals surface area (Å²) in [6, 6.07) is 20.4. The molecule has 0 saturated carbocycles. The van der Waals surface area contributed by atoms with Crippen LogP contribution >= 0.6 is 0 Å². The van der Waals surface area contributed by atoms with Crippen LogP contribution in [0.4, 0.5) is 0 Å². The topological polar surface area (TPSA) is 21.5 Å². The molecular formula is C19H22NO+. The van der Waals surface area contributed by atoms with Gasteiger partial charge in [-0.15, -0.1) is 0 Å². The number of carbonyl (C=O) groups is 1. The van der Waals surface area contributed by atoms with Gasteiger partial charge in [-0.05, 0) is 5.56 Å². The largest absolute Gasteiger partial charge is 0.334 e. The quantitative estimate of drug-likeness (QED) is 0.834. The average molecular weight is 280 g/mol. The lowest BCUT2D eigenvalue weighted by Crippen LogP contribution is -3.10. The molecule has 3 rings (SSSR count). The zero-order valence-electron chi connectivity index (χ0n) is 12.3. The Morgan fingerprint density at radius 1 is 1.00 bits per heavy atom. The third kappa shape index (κ3) is 3.59. The van der Waals surface area contributed by atoms with Gasteiger partial charge in [-0.1, -0.05) is 60.7 Å². The molecule has 1 aliphatic heterocycles. The normalized spacial score (nSPS) is 21.3. The molecule has 0 amide bonds. The Kier molecular flexibility index (Phi) is 4.46. The Labute approximate surface area is 126 Å². The molecule has 108 valence electrons. The number of likely N-dealkylation sites (tertiary alicyclic amines) is 1. The van der Waals surface area contributed by atoms with Gasteiger partial charge in [0.1, 0.15) is 0 Å². The van der Waals surface area contributed by atoms with Crippen molar-refractivity contribution < 1.29 is 9.69 Å². The number of benzene rings is 2. The monoisotopic (exact) mass is 280 g/mol. The number of hydrogen-bond donors (Lipinski definition) is 1. The van der Waals surface area contributed by atoms with Gasteiger partial charge in [0.15, 0.2) is 5.78 Å². The number of quaternary nitrogens is 1. The Hall–Kier alpha value is -1.93. The fourth-order valence-corrected chi connectivity index (χ4v) is 3.23. The maximum absolute atomic E-state index is 12.1. The second kappa shape index (κ2) is 6.68. The minimum absolute atomic E-state index is 0.270. The van der Waals surface area contributed by atoms with E-state index in [1.54, 1.807) is 4.90 Å². The first-order valence-corrected chi connectivity index (χ1v) is 7.79. The van der Waals surface area contributed by atoms with Gasteiger partial charge in [-0.25, -0.2) is 0 Å². The van der Waals surface area contributed by atoms with Crippen LogP contribution < -0.4 is 4.90 Å². The summed E-state index contributed by atoms with van der Waals surface area (Å²) in [7, 11) is 0. The van der Waals surface area contributed by atoms with E-state index in [9.17, 15) is 4.79 Å². The lowest BCUT2D eigenvalue weighted by molar-refractivity contribution is -0.887. The van der Waals surface area contributed by atoms with Crippen LogP contribution in [0.2, 0.25) is 0 Å². The third-order valence-corrected chi connectivity index (χ3v) is 4.45. The van der Waals surface area contributed by atoms with E-state index in [1.807, 2.05) is 30.3 Å². The van der Waals surface area contributed by atoms with Crippen LogP contribution in [-0.4, -0.2) is 25.4 Å². The zero-order chi connectivity index (χ0) is 14.5. The van der Waals surface area contributed by atoms with Gasteiger partial charge in [0, 0.05) is 17.9 Å². The smallest absolute Gasteiger partial charge is 0.168 e. The van der Waals surface area contributed by atoms with E-state index < -0.39 is 0 Å². The van der Waals surface area contributed by atoms with E-state index in [1.165, 1.54) is 18.5 Å². The van der Waals surface area contributed by atoms with E-state index in [-0.39, 0.29) is 5.78 Å². The van der Waals surface area contributed by atoms with E-state index in [0.29, 0.717) is 12.3 Å². The molecule has 1 saturated heterocycles. The minimum Gasteiger partial charge on any atom is -0.334 e. The van der Waals surface area contributed by atoms with Crippen LogP contribution in [0.25, 0.3) is 0 Å². The van der Waals surface area contributed by atoms with E-state index in [2.05, 4.69) is 30.3 Å². The molecule has 2 nitrogen and oxygen atoms in total. The van der Waals surface area contributed by atoms with Gasteiger partial charge in [-0.3, -0.25) is 4.79 Å². The van der Waals surface area contributed by atoms with Crippen molar-refractivity contribution in [2.75, 3.05) is 19.6 Å². The fraction of sp³-hybridized carbons (Fsp3) is 0.316. The van der Waals surface area contributed by atoms with Gasteiger partial charge in [0.05, 0.1) is 26.1 Å². The molecule has 1 fully saturated rings. The number of hydrogen-bond acceptors (Lipinski definition) is 1. The lowest BCUT2D eigenvalue weighted by Gasteiger charge is -2.13. The second-order valence-electron chi connectivity index (χ2n) is 5.89. The zero-order valence-corrected chi connectivity index (χ0v) is 12.3. The van der Waals surface area contributed by atoms with Crippen molar-refractivity contribution in [3.8, 4) is 0 Å². The highest BCUT2D eigenvalue weighted by Crippen LogP contribution is 2.19. The lowest BCUT2D eigenvalue weighted by atomic mass is 9.99. The van der Waals surface area contributed by atoms with Crippen LogP contribution in [0.1, 0.15) is 34.7 Å². The minimum atomic E-state index is 0.270. The molecule has 2 aromatic rings. The molecule has 21 heavy (non-hydrogen) atoms. The summed E-state index contributed by atoms with van der Waals surface area (Å²) in [5.74, 6) is 0.930. The molecule has 1 heterocycles. The van der Waals surface area contributed by atoms with Crippen molar-refractivity contribution in [2.45, 2.75) is 18.8 Å². The average Bonchev–Trinajstić information content (AvgIpc) is 3.03. The maximum Gasteiger partial charge on any atom is 0.168 e. The number of carbonyl (C=O) groups excluding carboxylic acids is 1. The van der Waals surface area contributed by atoms with Crippen LogP contribution in [0.5, 0.6) is 0 Å². The maximum atomic E-state index is 12.1. The van der Waals surface area contributed by atoms with Crippen LogP contribution in [0, 0.1) is 0 Å². The molecule has 0 bridgehead atoms. The Morgan fingerprint density at radius 2 is 1.67 bits per heavy atom. The molecule has 2 aromatic carbocycles. The number of Topliss-reactive ketones (excluding diaryl/α,β-unsaturated/α-hetero) is 1. The van der Waals surface area contributed by atoms with Crippen LogP contribution in [0.3, 0.4) is 0 Å². The third-order valence-electron chi connectivity index (χ3n) is 4.45. The molecule has 2 atom stereocenters. The predicted molar refractivity (Wildman–Crippen MR) is 84.8 cm³/mol. The molecule has 1 N–H and O–H groups in total. The standard InChI is InChI=1S/C19H21NO/c21-19(17-9-5-2-6-10-17)12-14-20-13-11-18(15-20)16-7-3-1-4-8-16/h1-10,18H,11-15H2/p+1/t18-/m0/s1. The summed E-state index contributed by atoms with van der Waals surface area (Å²) in [6.07, 6.45) is 1.89. The number of rotatable bonds is 5. The summed E-state index contributed by atoms with van der Waals surface area (Å²) in [5.41, 5.74) is 2.29. The Morgan fingerprint density at radius 3 is 2.38 bits per heavy atom. The van der Waals surface area contributed by atoms with E-state index >= 15 is 0 Å². The first-order chi connectivity index (χ1) is 10.3. The molecule has 1 aliphatic rings. The van der Waals surface area contributed by atoms with Gasteiger partial charge < -0.3 is 4.90 Å². The molecule has 0 spiro atoms. The number of nitrogens with one attached hydrogen (secondary N) is 1. The Balaban J connectivity index is 1.50. The van der Waals surface area contributed by atoms with Crippen molar-refractivity contribution >= 4 is 5.78 Å². The molecular weight excluding hydrogens is 258 g/mol. The summed E-state index contributed by atoms with van der Waals surface area (Å²) in [4.78, 5) is 13.7. The highest BCUT2D eigenvalue weighted by Gasteiger charge is 2.27. The van der Waals surface area contributed by atoms with Crippen LogP contribution in [0.15, 0.2) is 60.7 Å². The van der Waals surface area contributed by atoms with E-state index in [4.69, 9.17) is 0 Å². The van der Waals surface area contributed by atoms with Gasteiger partial charge >= 0.3 is 0 Å². The highest BCUT2D eigenvalue weighted by atomic mass is 16.1. The van der Waals surface area contributed by atoms with Gasteiger partial charge in [-0.2, -0.15) is 0 Å². The highest BCUT2D eigenvalue weighted by molar-refractivity contribution is 5.96. The first kappa shape index (κ1) is 14.0. The molecule has 1 unspecified atom stereocenters. The van der Waals surface area contributed by atoms with Crippen molar-refractivity contribution in [3.05, 3.63) is 71.8 Å². The summed E-state index contributed by atoms with van der Waals surface area (Å²) in [5, 5.41) is 0. The van der Waals surface area contributed by atoms with E-state index in [0.717, 1.165) is 18.7 Å². The van der Waals surface area contributed by atoms with Crippen LogP contribution in [-0.2, 0) is 0 Å². The number of ketones is 1. The predicted octanol–water partition coefficient (Wildman–Crippen LogP) is 2.33. The summed E-state index contributed by atoms with van der Waals surface area (Å²) in [6.45, 7) is 3.30. The van der Waals surface area contributed by atoms with Gasteiger partial charge in [0.25, 0.3) is 0 Å². The first-order valence-electron chi connectivity index (χ1n) is 7.79. The second-order valence-corrected chi connectivity index (χ2v) is 5.89. The Bertz CT molecular complexity index is 579. The molecule has 0 aromatic heterocycles. The van der Waals surface area contributed by atoms with Crippen molar-refractivity contribution in [1.82, 2.24) is 0 Å². The molecule has 2 heteroatoms.